The van der Waals surface area contributed by atoms with E-state index in [2.05, 4.69) is 0 Å². The predicted octanol–water partition coefficient (Wildman–Crippen LogP) is 0.781. The Morgan fingerprint density at radius 1 is 1.88 bits per heavy atom. The summed E-state index contributed by atoms with van der Waals surface area (Å²) < 4.78 is 0. The molecule has 1 aliphatic rings. The summed E-state index contributed by atoms with van der Waals surface area (Å²) >= 11 is 1.50. The number of aliphatic carboxylic acids is 1. The number of carboxylic acids is 1. The zero-order valence-electron chi connectivity index (χ0n) is 4.33. The molecular formula is C5H7O2S. The van der Waals surface area contributed by atoms with E-state index in [4.69, 9.17) is 5.11 Å². The molecule has 45 valence electrons. The molecule has 1 aliphatic heterocycles. The quantitative estimate of drug-likeness (QED) is 0.571. The van der Waals surface area contributed by atoms with Crippen LogP contribution in [0.3, 0.4) is 0 Å². The fourth-order valence-corrected chi connectivity index (χ4v) is 1.60. The van der Waals surface area contributed by atoms with Crippen LogP contribution in [0.25, 0.3) is 0 Å². The van der Waals surface area contributed by atoms with E-state index in [-0.39, 0.29) is 5.25 Å². The lowest BCUT2D eigenvalue weighted by molar-refractivity contribution is -0.135. The summed E-state index contributed by atoms with van der Waals surface area (Å²) in [6.07, 6.45) is 2.79. The second kappa shape index (κ2) is 2.40. The van der Waals surface area contributed by atoms with E-state index < -0.39 is 5.97 Å². The summed E-state index contributed by atoms with van der Waals surface area (Å²) in [4.78, 5) is 10.1. The van der Waals surface area contributed by atoms with Crippen molar-refractivity contribution in [2.75, 3.05) is 5.75 Å². The molecule has 2 nitrogen and oxygen atoms in total. The Labute approximate surface area is 52.3 Å². The number of carboxylic acid groups (broad SMARTS) is 1. The van der Waals surface area contributed by atoms with E-state index in [1.807, 2.05) is 6.42 Å². The normalized spacial score (nSPS) is 28.2. The van der Waals surface area contributed by atoms with Crippen LogP contribution in [0.2, 0.25) is 0 Å². The maximum atomic E-state index is 10.1. The molecule has 0 spiro atoms. The van der Waals surface area contributed by atoms with Crippen molar-refractivity contribution in [3.05, 3.63) is 6.42 Å². The van der Waals surface area contributed by atoms with Gasteiger partial charge in [0.15, 0.2) is 0 Å². The SMILES string of the molecule is O=C(O)C1[CH]CCS1. The number of rotatable bonds is 1. The zero-order chi connectivity index (χ0) is 5.98. The van der Waals surface area contributed by atoms with Gasteiger partial charge in [-0.25, -0.2) is 0 Å². The van der Waals surface area contributed by atoms with Gasteiger partial charge in [-0.05, 0) is 18.6 Å². The summed E-state index contributed by atoms with van der Waals surface area (Å²) in [5.41, 5.74) is 0. The van der Waals surface area contributed by atoms with Gasteiger partial charge in [0.2, 0.25) is 0 Å². The lowest BCUT2D eigenvalue weighted by Crippen LogP contribution is -2.11. The summed E-state index contributed by atoms with van der Waals surface area (Å²) in [5, 5.41) is 8.13. The monoisotopic (exact) mass is 131 g/mol. The van der Waals surface area contributed by atoms with Crippen LogP contribution in [0.1, 0.15) is 6.42 Å². The van der Waals surface area contributed by atoms with Crippen LogP contribution >= 0.6 is 11.8 Å². The first-order chi connectivity index (χ1) is 3.80. The van der Waals surface area contributed by atoms with Gasteiger partial charge in [-0.15, -0.1) is 11.8 Å². The number of carbonyl (C=O) groups is 1. The molecule has 1 saturated heterocycles. The zero-order valence-corrected chi connectivity index (χ0v) is 5.15. The van der Waals surface area contributed by atoms with E-state index in [1.165, 1.54) is 11.8 Å². The highest BCUT2D eigenvalue weighted by Gasteiger charge is 2.22. The fourth-order valence-electron chi connectivity index (χ4n) is 0.655. The molecule has 1 unspecified atom stereocenters. The van der Waals surface area contributed by atoms with Gasteiger partial charge in [-0.3, -0.25) is 4.79 Å². The smallest absolute Gasteiger partial charge is 0.316 e. The van der Waals surface area contributed by atoms with Crippen LogP contribution in [-0.2, 0) is 4.79 Å². The van der Waals surface area contributed by atoms with Crippen molar-refractivity contribution in [2.45, 2.75) is 11.7 Å². The maximum absolute atomic E-state index is 10.1. The first kappa shape index (κ1) is 5.95. The van der Waals surface area contributed by atoms with Crippen LogP contribution in [0.5, 0.6) is 0 Å². The minimum atomic E-state index is -0.701. The molecule has 0 aliphatic carbocycles. The number of hydrogen-bond donors (Lipinski definition) is 1. The van der Waals surface area contributed by atoms with E-state index in [9.17, 15) is 4.79 Å². The highest BCUT2D eigenvalue weighted by Crippen LogP contribution is 2.24. The molecule has 0 aromatic rings. The average molecular weight is 131 g/mol. The highest BCUT2D eigenvalue weighted by molar-refractivity contribution is 8.01. The predicted molar refractivity (Wildman–Crippen MR) is 32.8 cm³/mol. The summed E-state index contributed by atoms with van der Waals surface area (Å²) in [6.45, 7) is 0. The molecule has 8 heavy (non-hydrogen) atoms. The Morgan fingerprint density at radius 3 is 2.88 bits per heavy atom. The second-order valence-corrected chi connectivity index (χ2v) is 2.90. The lowest BCUT2D eigenvalue weighted by Gasteiger charge is -1.96. The molecule has 1 N–H and O–H groups in total. The van der Waals surface area contributed by atoms with E-state index in [0.29, 0.717) is 0 Å². The molecule has 1 heterocycles. The molecule has 0 saturated carbocycles. The van der Waals surface area contributed by atoms with E-state index in [1.54, 1.807) is 0 Å². The third-order valence-corrected chi connectivity index (χ3v) is 2.26. The van der Waals surface area contributed by atoms with Gasteiger partial charge < -0.3 is 5.11 Å². The molecule has 3 heteroatoms. The third-order valence-electron chi connectivity index (χ3n) is 1.04. The van der Waals surface area contributed by atoms with Crippen molar-refractivity contribution in [1.82, 2.24) is 0 Å². The molecule has 1 fully saturated rings. The minimum absolute atomic E-state index is 0.227. The molecule has 1 atom stereocenters. The Morgan fingerprint density at radius 2 is 2.62 bits per heavy atom. The van der Waals surface area contributed by atoms with Crippen LogP contribution in [0.4, 0.5) is 0 Å². The standard InChI is InChI=1S/C5H7O2S/c6-5(7)4-2-1-3-8-4/h2,4H,1,3H2,(H,6,7). The molecular weight excluding hydrogens is 124 g/mol. The number of thioether (sulfide) groups is 1. The Balaban J connectivity index is 2.35. The maximum Gasteiger partial charge on any atom is 0.316 e. The largest absolute Gasteiger partial charge is 0.480 e. The van der Waals surface area contributed by atoms with Gasteiger partial charge in [-0.2, -0.15) is 0 Å². The topological polar surface area (TPSA) is 37.3 Å². The fraction of sp³-hybridized carbons (Fsp3) is 0.600. The summed E-state index contributed by atoms with van der Waals surface area (Å²) in [5.74, 6) is 0.268. The Kier molecular flexibility index (Phi) is 1.78. The molecule has 1 radical (unpaired) electrons. The lowest BCUT2D eigenvalue weighted by atomic mass is 10.3. The van der Waals surface area contributed by atoms with Gasteiger partial charge in [0.25, 0.3) is 0 Å². The van der Waals surface area contributed by atoms with E-state index >= 15 is 0 Å². The van der Waals surface area contributed by atoms with Crippen molar-refractivity contribution in [2.24, 2.45) is 0 Å². The van der Waals surface area contributed by atoms with Crippen molar-refractivity contribution >= 4 is 17.7 Å². The van der Waals surface area contributed by atoms with Crippen molar-refractivity contribution in [3.63, 3.8) is 0 Å². The van der Waals surface area contributed by atoms with Gasteiger partial charge in [0.05, 0.1) is 0 Å². The van der Waals surface area contributed by atoms with Crippen molar-refractivity contribution < 1.29 is 9.90 Å². The van der Waals surface area contributed by atoms with Gasteiger partial charge >= 0.3 is 5.97 Å². The average Bonchev–Trinajstić information content (AvgIpc) is 2.12. The van der Waals surface area contributed by atoms with Crippen LogP contribution in [-0.4, -0.2) is 22.1 Å². The molecule has 0 aromatic carbocycles. The minimum Gasteiger partial charge on any atom is -0.480 e. The molecule has 0 aromatic heterocycles. The second-order valence-electron chi connectivity index (χ2n) is 1.65. The van der Waals surface area contributed by atoms with Gasteiger partial charge in [0, 0.05) is 0 Å². The van der Waals surface area contributed by atoms with Crippen molar-refractivity contribution in [3.8, 4) is 0 Å². The van der Waals surface area contributed by atoms with Crippen LogP contribution in [0, 0.1) is 6.42 Å². The Bertz CT molecular complexity index is 96.6. The summed E-state index contributed by atoms with van der Waals surface area (Å²) in [6, 6.07) is 0. The molecule has 0 amide bonds. The first-order valence-electron chi connectivity index (χ1n) is 2.48. The van der Waals surface area contributed by atoms with Gasteiger partial charge in [-0.1, -0.05) is 0 Å². The van der Waals surface area contributed by atoms with Crippen LogP contribution < -0.4 is 0 Å². The van der Waals surface area contributed by atoms with Crippen LogP contribution in [0.15, 0.2) is 0 Å². The van der Waals surface area contributed by atoms with Crippen molar-refractivity contribution in [1.29, 1.82) is 0 Å². The third kappa shape index (κ3) is 1.15. The molecule has 1 rings (SSSR count). The molecule has 0 bridgehead atoms. The number of hydrogen-bond acceptors (Lipinski definition) is 2. The summed E-state index contributed by atoms with van der Waals surface area (Å²) in [7, 11) is 0. The highest BCUT2D eigenvalue weighted by atomic mass is 32.2. The Hall–Kier alpha value is -0.180. The van der Waals surface area contributed by atoms with Gasteiger partial charge in [0.1, 0.15) is 5.25 Å². The first-order valence-corrected chi connectivity index (χ1v) is 3.53. The van der Waals surface area contributed by atoms with E-state index in [0.717, 1.165) is 12.2 Å².